The van der Waals surface area contributed by atoms with Gasteiger partial charge in [0.25, 0.3) is 0 Å². The normalized spacial score (nSPS) is 13.4. The van der Waals surface area contributed by atoms with E-state index in [1.807, 2.05) is 74.5 Å². The third kappa shape index (κ3) is 5.38. The van der Waals surface area contributed by atoms with Crippen LogP contribution in [0.2, 0.25) is 10.0 Å². The van der Waals surface area contributed by atoms with Gasteiger partial charge in [-0.25, -0.2) is 0 Å². The highest BCUT2D eigenvalue weighted by atomic mass is 79.9. The first kappa shape index (κ1) is 25.3. The molecular formula is C27H22Br2Cl2O3. The van der Waals surface area contributed by atoms with Crippen molar-refractivity contribution in [2.24, 2.45) is 11.8 Å². The second kappa shape index (κ2) is 10.9. The molecule has 0 heterocycles. The quantitative estimate of drug-likeness (QED) is 0.149. The molecule has 0 bridgehead atoms. The molecule has 176 valence electrons. The lowest BCUT2D eigenvalue weighted by Gasteiger charge is -2.21. The van der Waals surface area contributed by atoms with Gasteiger partial charge in [0.2, 0.25) is 0 Å². The van der Waals surface area contributed by atoms with Crippen LogP contribution in [-0.4, -0.2) is 5.97 Å². The van der Waals surface area contributed by atoms with Crippen molar-refractivity contribution in [2.75, 3.05) is 0 Å². The Morgan fingerprint density at radius 1 is 0.971 bits per heavy atom. The fraction of sp³-hybridized carbons (Fsp3) is 0.222. The van der Waals surface area contributed by atoms with E-state index in [1.54, 1.807) is 0 Å². The molecule has 0 saturated heterocycles. The van der Waals surface area contributed by atoms with Crippen molar-refractivity contribution < 1.29 is 14.3 Å². The standard InChI is InChI=1S/C27H22Br2Cl2O3/c1-15(2)22(17-12-20-21(13-17)24(29)26(31)25(30)23(20)28)27(32)33-14-16-7-6-10-19(11-16)34-18-8-4-3-5-9-18/h3-12,15,22H,13-14H2,1-2H3. The Kier molecular flexibility index (Phi) is 8.08. The maximum atomic E-state index is 13.2. The van der Waals surface area contributed by atoms with Gasteiger partial charge in [0.15, 0.2) is 0 Å². The van der Waals surface area contributed by atoms with Gasteiger partial charge in [-0.15, -0.1) is 0 Å². The number of hydrogen-bond acceptors (Lipinski definition) is 3. The molecule has 0 radical (unpaired) electrons. The van der Waals surface area contributed by atoms with Crippen LogP contribution < -0.4 is 4.74 Å². The largest absolute Gasteiger partial charge is 0.460 e. The van der Waals surface area contributed by atoms with Crippen LogP contribution in [-0.2, 0) is 22.6 Å². The molecule has 0 spiro atoms. The van der Waals surface area contributed by atoms with Crippen molar-refractivity contribution in [3.05, 3.63) is 95.9 Å². The molecule has 7 heteroatoms. The molecule has 1 aliphatic rings. The number of ether oxygens (including phenoxy) is 2. The Morgan fingerprint density at radius 2 is 1.65 bits per heavy atom. The molecule has 4 rings (SSSR count). The van der Waals surface area contributed by atoms with Gasteiger partial charge < -0.3 is 9.47 Å². The van der Waals surface area contributed by atoms with Crippen molar-refractivity contribution in [1.29, 1.82) is 0 Å². The van der Waals surface area contributed by atoms with Crippen LogP contribution in [0.1, 0.15) is 30.5 Å². The summed E-state index contributed by atoms with van der Waals surface area (Å²) in [5.41, 5.74) is 3.80. The summed E-state index contributed by atoms with van der Waals surface area (Å²) >= 11 is 19.8. The molecule has 0 N–H and O–H groups in total. The van der Waals surface area contributed by atoms with Gasteiger partial charge in [0, 0.05) is 8.95 Å². The lowest BCUT2D eigenvalue weighted by atomic mass is 9.87. The third-order valence-corrected chi connectivity index (χ3v) is 8.70. The van der Waals surface area contributed by atoms with Crippen molar-refractivity contribution in [2.45, 2.75) is 26.9 Å². The second-order valence-electron chi connectivity index (χ2n) is 8.44. The van der Waals surface area contributed by atoms with Gasteiger partial charge in [-0.1, -0.05) is 79.0 Å². The maximum Gasteiger partial charge on any atom is 0.313 e. The molecule has 0 aliphatic heterocycles. The molecular weight excluding hydrogens is 603 g/mol. The van der Waals surface area contributed by atoms with Gasteiger partial charge >= 0.3 is 5.97 Å². The summed E-state index contributed by atoms with van der Waals surface area (Å²) in [6.45, 7) is 4.21. The smallest absolute Gasteiger partial charge is 0.313 e. The molecule has 0 saturated carbocycles. The van der Waals surface area contributed by atoms with Crippen LogP contribution in [0.4, 0.5) is 0 Å². The Labute approximate surface area is 226 Å². The minimum Gasteiger partial charge on any atom is -0.460 e. The Morgan fingerprint density at radius 3 is 2.35 bits per heavy atom. The first-order valence-corrected chi connectivity index (χ1v) is 13.1. The molecule has 1 unspecified atom stereocenters. The zero-order valence-electron chi connectivity index (χ0n) is 18.6. The second-order valence-corrected chi connectivity index (χ2v) is 10.8. The molecule has 34 heavy (non-hydrogen) atoms. The number of hydrogen-bond donors (Lipinski definition) is 0. The number of halogens is 4. The molecule has 3 aromatic rings. The SMILES string of the molecule is CC(C)C(C(=O)OCc1cccc(Oc2ccccc2)c1)C1=Cc2c(Br)c(Cl)c(Cl)c(Br)c2C1. The van der Waals surface area contributed by atoms with E-state index in [0.717, 1.165) is 37.0 Å². The first-order valence-electron chi connectivity index (χ1n) is 10.8. The lowest BCUT2D eigenvalue weighted by molar-refractivity contribution is -0.149. The highest BCUT2D eigenvalue weighted by Crippen LogP contribution is 2.47. The van der Waals surface area contributed by atoms with Crippen molar-refractivity contribution in [3.63, 3.8) is 0 Å². The zero-order chi connectivity index (χ0) is 24.4. The van der Waals surface area contributed by atoms with Gasteiger partial charge in [0.1, 0.15) is 18.1 Å². The van der Waals surface area contributed by atoms with Gasteiger partial charge in [-0.2, -0.15) is 0 Å². The Bertz CT molecular complexity index is 1260. The fourth-order valence-corrected chi connectivity index (χ4v) is 5.81. The maximum absolute atomic E-state index is 13.2. The van der Waals surface area contributed by atoms with Crippen LogP contribution in [0.3, 0.4) is 0 Å². The van der Waals surface area contributed by atoms with E-state index < -0.39 is 0 Å². The highest BCUT2D eigenvalue weighted by Gasteiger charge is 2.33. The number of carbonyl (C=O) groups excluding carboxylic acids is 1. The number of benzene rings is 3. The summed E-state index contributed by atoms with van der Waals surface area (Å²) in [5.74, 6) is 0.865. The monoisotopic (exact) mass is 622 g/mol. The molecule has 0 fully saturated rings. The number of rotatable bonds is 7. The summed E-state index contributed by atoms with van der Waals surface area (Å²) in [5, 5.41) is 0.911. The minimum absolute atomic E-state index is 0.0595. The van der Waals surface area contributed by atoms with Crippen molar-refractivity contribution >= 4 is 67.1 Å². The van der Waals surface area contributed by atoms with Gasteiger partial charge in [-0.05, 0) is 85.2 Å². The van der Waals surface area contributed by atoms with Crippen molar-refractivity contribution in [3.8, 4) is 11.5 Å². The first-order chi connectivity index (χ1) is 16.3. The van der Waals surface area contributed by atoms with Crippen molar-refractivity contribution in [1.82, 2.24) is 0 Å². The van der Waals surface area contributed by atoms with Crippen LogP contribution in [0, 0.1) is 11.8 Å². The van der Waals surface area contributed by atoms with E-state index in [-0.39, 0.29) is 24.4 Å². The minimum atomic E-state index is -0.382. The summed E-state index contributed by atoms with van der Waals surface area (Å²) in [4.78, 5) is 13.2. The van der Waals surface area contributed by atoms with E-state index >= 15 is 0 Å². The highest BCUT2D eigenvalue weighted by molar-refractivity contribution is 9.11. The zero-order valence-corrected chi connectivity index (χ0v) is 23.3. The molecule has 3 nitrogen and oxygen atoms in total. The predicted molar refractivity (Wildman–Crippen MR) is 145 cm³/mol. The Balaban J connectivity index is 1.48. The summed E-state index contributed by atoms with van der Waals surface area (Å²) in [7, 11) is 0. The summed E-state index contributed by atoms with van der Waals surface area (Å²) in [6.07, 6.45) is 2.62. The van der Waals surface area contributed by atoms with Gasteiger partial charge in [-0.3, -0.25) is 4.79 Å². The predicted octanol–water partition coefficient (Wildman–Crippen LogP) is 9.27. The summed E-state index contributed by atoms with van der Waals surface area (Å²) in [6, 6.07) is 17.1. The fourth-order valence-electron chi connectivity index (χ4n) is 4.08. The number of esters is 1. The third-order valence-electron chi connectivity index (χ3n) is 5.69. The Hall–Kier alpha value is -1.79. The van der Waals surface area contributed by atoms with E-state index in [9.17, 15) is 4.79 Å². The summed E-state index contributed by atoms with van der Waals surface area (Å²) < 4.78 is 13.1. The topological polar surface area (TPSA) is 35.5 Å². The number of para-hydroxylation sites is 1. The molecule has 0 aromatic heterocycles. The number of carbonyl (C=O) groups is 1. The van der Waals surface area contributed by atoms with E-state index in [0.29, 0.717) is 22.2 Å². The van der Waals surface area contributed by atoms with E-state index in [2.05, 4.69) is 31.9 Å². The average Bonchev–Trinajstić information content (AvgIpc) is 3.26. The molecule has 0 amide bonds. The van der Waals surface area contributed by atoms with E-state index in [1.165, 1.54) is 0 Å². The lowest BCUT2D eigenvalue weighted by Crippen LogP contribution is -2.25. The van der Waals surface area contributed by atoms with Gasteiger partial charge in [0.05, 0.1) is 16.0 Å². The number of fused-ring (bicyclic) bond motifs is 1. The van der Waals surface area contributed by atoms with Crippen LogP contribution >= 0.6 is 55.1 Å². The van der Waals surface area contributed by atoms with E-state index in [4.69, 9.17) is 32.7 Å². The van der Waals surface area contributed by atoms with Crippen LogP contribution in [0.5, 0.6) is 11.5 Å². The molecule has 1 atom stereocenters. The molecule has 1 aliphatic carbocycles. The van der Waals surface area contributed by atoms with Crippen LogP contribution in [0.15, 0.2) is 69.1 Å². The average molecular weight is 625 g/mol. The molecule has 3 aromatic carbocycles. The van der Waals surface area contributed by atoms with Crippen LogP contribution in [0.25, 0.3) is 6.08 Å².